The molecule has 0 radical (unpaired) electrons. The molecule has 22 heavy (non-hydrogen) atoms. The zero-order valence-electron chi connectivity index (χ0n) is 12.0. The highest BCUT2D eigenvalue weighted by Crippen LogP contribution is 2.11. The molecular formula is C16H15N3O3. The molecule has 0 unspecified atom stereocenters. The summed E-state index contributed by atoms with van der Waals surface area (Å²) >= 11 is 0. The summed E-state index contributed by atoms with van der Waals surface area (Å²) in [5.74, 6) is -0.420. The van der Waals surface area contributed by atoms with Crippen LogP contribution in [0, 0.1) is 10.1 Å². The summed E-state index contributed by atoms with van der Waals surface area (Å²) in [6.07, 6.45) is 2.51. The zero-order chi connectivity index (χ0) is 15.9. The van der Waals surface area contributed by atoms with Crippen molar-refractivity contribution in [3.8, 4) is 0 Å². The number of hydrazone groups is 1. The maximum atomic E-state index is 11.8. The molecule has 112 valence electrons. The van der Waals surface area contributed by atoms with Crippen LogP contribution in [0.1, 0.15) is 28.4 Å². The number of nitro benzene ring substituents is 1. The van der Waals surface area contributed by atoms with Gasteiger partial charge in [-0.3, -0.25) is 14.9 Å². The van der Waals surface area contributed by atoms with Crippen LogP contribution in [0.3, 0.4) is 0 Å². The Morgan fingerprint density at radius 1 is 1.18 bits per heavy atom. The van der Waals surface area contributed by atoms with Crippen molar-refractivity contribution in [2.45, 2.75) is 13.3 Å². The number of nitrogens with one attached hydrogen (secondary N) is 1. The summed E-state index contributed by atoms with van der Waals surface area (Å²) in [6.45, 7) is 2.08. The predicted octanol–water partition coefficient (Wildman–Crippen LogP) is 2.92. The van der Waals surface area contributed by atoms with Crippen molar-refractivity contribution in [3.63, 3.8) is 0 Å². The minimum atomic E-state index is -0.514. The highest BCUT2D eigenvalue weighted by Gasteiger charge is 2.08. The Hall–Kier alpha value is -3.02. The van der Waals surface area contributed by atoms with E-state index in [0.29, 0.717) is 5.56 Å². The SMILES string of the molecule is CCc1ccc(/C=N\NC(=O)c2ccc([N+](=O)[O-])cc2)cc1. The van der Waals surface area contributed by atoms with Crippen molar-refractivity contribution in [1.29, 1.82) is 0 Å². The molecule has 6 heteroatoms. The van der Waals surface area contributed by atoms with E-state index in [1.54, 1.807) is 6.21 Å². The van der Waals surface area contributed by atoms with Gasteiger partial charge in [0.1, 0.15) is 0 Å². The quantitative estimate of drug-likeness (QED) is 0.523. The number of nitrogens with zero attached hydrogens (tertiary/aromatic N) is 2. The molecule has 0 aromatic heterocycles. The first-order valence-corrected chi connectivity index (χ1v) is 6.77. The monoisotopic (exact) mass is 297 g/mol. The van der Waals surface area contributed by atoms with Gasteiger partial charge in [0.15, 0.2) is 0 Å². The van der Waals surface area contributed by atoms with Crippen LogP contribution in [0.25, 0.3) is 0 Å². The number of carbonyl (C=O) groups is 1. The number of aryl methyl sites for hydroxylation is 1. The van der Waals surface area contributed by atoms with Crippen molar-refractivity contribution < 1.29 is 9.72 Å². The third kappa shape index (κ3) is 3.99. The fourth-order valence-corrected chi connectivity index (χ4v) is 1.80. The van der Waals surface area contributed by atoms with E-state index < -0.39 is 10.8 Å². The molecule has 0 heterocycles. The number of benzene rings is 2. The highest BCUT2D eigenvalue weighted by molar-refractivity contribution is 5.95. The lowest BCUT2D eigenvalue weighted by atomic mass is 10.1. The van der Waals surface area contributed by atoms with E-state index in [0.717, 1.165) is 12.0 Å². The summed E-state index contributed by atoms with van der Waals surface area (Å²) < 4.78 is 0. The summed E-state index contributed by atoms with van der Waals surface area (Å²) in [5, 5.41) is 14.4. The van der Waals surface area contributed by atoms with Gasteiger partial charge in [0.2, 0.25) is 0 Å². The Labute approximate surface area is 127 Å². The van der Waals surface area contributed by atoms with Crippen molar-refractivity contribution in [2.75, 3.05) is 0 Å². The third-order valence-corrected chi connectivity index (χ3v) is 3.11. The number of hydrogen-bond acceptors (Lipinski definition) is 4. The van der Waals surface area contributed by atoms with Crippen LogP contribution in [0.2, 0.25) is 0 Å². The number of carbonyl (C=O) groups excluding carboxylic acids is 1. The minimum absolute atomic E-state index is 0.0592. The van der Waals surface area contributed by atoms with Crippen molar-refractivity contribution in [3.05, 3.63) is 75.3 Å². The first-order valence-electron chi connectivity index (χ1n) is 6.77. The lowest BCUT2D eigenvalue weighted by molar-refractivity contribution is -0.384. The minimum Gasteiger partial charge on any atom is -0.267 e. The van der Waals surface area contributed by atoms with Crippen LogP contribution in [0.15, 0.2) is 53.6 Å². The van der Waals surface area contributed by atoms with Crippen LogP contribution < -0.4 is 5.43 Å². The van der Waals surface area contributed by atoms with Crippen molar-refractivity contribution in [1.82, 2.24) is 5.43 Å². The second-order valence-electron chi connectivity index (χ2n) is 4.60. The van der Waals surface area contributed by atoms with E-state index in [-0.39, 0.29) is 5.69 Å². The molecule has 0 fully saturated rings. The van der Waals surface area contributed by atoms with E-state index in [2.05, 4.69) is 17.5 Å². The van der Waals surface area contributed by atoms with Crippen LogP contribution in [0.5, 0.6) is 0 Å². The van der Waals surface area contributed by atoms with Crippen LogP contribution in [-0.4, -0.2) is 17.0 Å². The van der Waals surface area contributed by atoms with Gasteiger partial charge in [-0.2, -0.15) is 5.10 Å². The van der Waals surface area contributed by atoms with Crippen LogP contribution in [0.4, 0.5) is 5.69 Å². The number of hydrogen-bond donors (Lipinski definition) is 1. The first kappa shape index (κ1) is 15.4. The molecule has 2 rings (SSSR count). The molecule has 6 nitrogen and oxygen atoms in total. The Morgan fingerprint density at radius 3 is 2.36 bits per heavy atom. The molecule has 0 spiro atoms. The van der Waals surface area contributed by atoms with Gasteiger partial charge >= 0.3 is 0 Å². The topological polar surface area (TPSA) is 84.6 Å². The fraction of sp³-hybridized carbons (Fsp3) is 0.125. The van der Waals surface area contributed by atoms with Gasteiger partial charge in [0.25, 0.3) is 11.6 Å². The van der Waals surface area contributed by atoms with Crippen LogP contribution >= 0.6 is 0 Å². The predicted molar refractivity (Wildman–Crippen MR) is 84.0 cm³/mol. The number of amides is 1. The maximum Gasteiger partial charge on any atom is 0.271 e. The maximum absolute atomic E-state index is 11.8. The van der Waals surface area contributed by atoms with E-state index in [9.17, 15) is 14.9 Å². The van der Waals surface area contributed by atoms with Gasteiger partial charge in [-0.1, -0.05) is 31.2 Å². The summed E-state index contributed by atoms with van der Waals surface area (Å²) in [7, 11) is 0. The van der Waals surface area contributed by atoms with E-state index in [4.69, 9.17) is 0 Å². The number of non-ortho nitro benzene ring substituents is 1. The Bertz CT molecular complexity index is 692. The Balaban J connectivity index is 1.96. The summed E-state index contributed by atoms with van der Waals surface area (Å²) in [4.78, 5) is 21.8. The molecule has 0 atom stereocenters. The average molecular weight is 297 g/mol. The third-order valence-electron chi connectivity index (χ3n) is 3.11. The van der Waals surface area contributed by atoms with Crippen molar-refractivity contribution in [2.24, 2.45) is 5.10 Å². The number of nitro groups is 1. The zero-order valence-corrected chi connectivity index (χ0v) is 12.0. The molecule has 0 aliphatic rings. The second-order valence-corrected chi connectivity index (χ2v) is 4.60. The number of rotatable bonds is 5. The van der Waals surface area contributed by atoms with Gasteiger partial charge < -0.3 is 0 Å². The molecule has 0 aliphatic carbocycles. The summed E-state index contributed by atoms with van der Waals surface area (Å²) in [5.41, 5.74) is 4.74. The molecule has 0 aliphatic heterocycles. The molecule has 0 bridgehead atoms. The van der Waals surface area contributed by atoms with Crippen LogP contribution in [-0.2, 0) is 6.42 Å². The van der Waals surface area contributed by atoms with E-state index in [1.807, 2.05) is 24.3 Å². The molecule has 1 N–H and O–H groups in total. The molecule has 0 saturated heterocycles. The largest absolute Gasteiger partial charge is 0.271 e. The molecule has 2 aromatic rings. The standard InChI is InChI=1S/C16H15N3O3/c1-2-12-3-5-13(6-4-12)11-17-18-16(20)14-7-9-15(10-8-14)19(21)22/h3-11H,2H2,1H3,(H,18,20)/b17-11-. The van der Waals surface area contributed by atoms with Gasteiger partial charge in [-0.25, -0.2) is 5.43 Å². The second kappa shape index (κ2) is 7.12. The lowest BCUT2D eigenvalue weighted by Gasteiger charge is -2.00. The van der Waals surface area contributed by atoms with E-state index in [1.165, 1.54) is 29.8 Å². The highest BCUT2D eigenvalue weighted by atomic mass is 16.6. The lowest BCUT2D eigenvalue weighted by Crippen LogP contribution is -2.17. The summed E-state index contributed by atoms with van der Waals surface area (Å²) in [6, 6.07) is 13.2. The average Bonchev–Trinajstić information content (AvgIpc) is 2.55. The normalized spacial score (nSPS) is 10.6. The van der Waals surface area contributed by atoms with Gasteiger partial charge in [-0.05, 0) is 29.7 Å². The van der Waals surface area contributed by atoms with Gasteiger partial charge in [0.05, 0.1) is 11.1 Å². The first-order chi connectivity index (χ1) is 10.6. The molecule has 0 saturated carbocycles. The van der Waals surface area contributed by atoms with E-state index >= 15 is 0 Å². The molecule has 2 aromatic carbocycles. The Kier molecular flexibility index (Phi) is 4.98. The Morgan fingerprint density at radius 2 is 1.82 bits per heavy atom. The molecular weight excluding hydrogens is 282 g/mol. The van der Waals surface area contributed by atoms with Gasteiger partial charge in [-0.15, -0.1) is 0 Å². The van der Waals surface area contributed by atoms with Gasteiger partial charge in [0, 0.05) is 17.7 Å². The smallest absolute Gasteiger partial charge is 0.267 e. The van der Waals surface area contributed by atoms with Crippen molar-refractivity contribution >= 4 is 17.8 Å². The molecule has 1 amide bonds. The fourth-order valence-electron chi connectivity index (χ4n) is 1.80.